The maximum Gasteiger partial charge on any atom is 0.262 e. The Hall–Kier alpha value is -1.80. The highest BCUT2D eigenvalue weighted by Gasteiger charge is 2.19. The predicted molar refractivity (Wildman–Crippen MR) is 109 cm³/mol. The Bertz CT molecular complexity index is 837. The van der Waals surface area contributed by atoms with E-state index >= 15 is 0 Å². The van der Waals surface area contributed by atoms with Crippen LogP contribution >= 0.6 is 34.5 Å². The average molecular weight is 428 g/mol. The lowest BCUT2D eigenvalue weighted by Crippen LogP contribution is -2.41. The molecule has 6 nitrogen and oxygen atoms in total. The number of hydrogen-bond acceptors (Lipinski definition) is 5. The first-order valence-corrected chi connectivity index (χ1v) is 10.0. The Labute approximate surface area is 171 Å². The quantitative estimate of drug-likeness (QED) is 0.763. The molecule has 2 heterocycles. The van der Waals surface area contributed by atoms with Gasteiger partial charge in [0.1, 0.15) is 6.04 Å². The van der Waals surface area contributed by atoms with Gasteiger partial charge in [0.25, 0.3) is 5.91 Å². The molecule has 9 heteroatoms. The summed E-state index contributed by atoms with van der Waals surface area (Å²) in [4.78, 5) is 27.1. The number of rotatable bonds is 5. The van der Waals surface area contributed by atoms with E-state index in [1.807, 2.05) is 6.07 Å². The Morgan fingerprint density at radius 1 is 1.19 bits per heavy atom. The fourth-order valence-electron chi connectivity index (χ4n) is 2.67. The number of anilines is 2. The normalized spacial score (nSPS) is 15.3. The van der Waals surface area contributed by atoms with E-state index < -0.39 is 6.04 Å². The zero-order valence-corrected chi connectivity index (χ0v) is 17.0. The van der Waals surface area contributed by atoms with Gasteiger partial charge in [0, 0.05) is 18.8 Å². The maximum absolute atomic E-state index is 12.4. The molecule has 1 aromatic heterocycles. The molecular formula is C18H19Cl2N3O3S. The van der Waals surface area contributed by atoms with Gasteiger partial charge in [0.15, 0.2) is 0 Å². The van der Waals surface area contributed by atoms with Crippen molar-refractivity contribution in [3.8, 4) is 0 Å². The fourth-order valence-corrected chi connectivity index (χ4v) is 3.91. The number of hydrogen-bond donors (Lipinski definition) is 2. The first-order valence-electron chi connectivity index (χ1n) is 8.43. The summed E-state index contributed by atoms with van der Waals surface area (Å²) in [6, 6.07) is 7.93. The number of benzene rings is 1. The number of carbonyl (C=O) groups is 2. The number of carbonyl (C=O) groups excluding carboxylic acids is 2. The van der Waals surface area contributed by atoms with E-state index in [0.717, 1.165) is 30.1 Å². The van der Waals surface area contributed by atoms with Gasteiger partial charge < -0.3 is 20.3 Å². The molecule has 144 valence electrons. The Balaban J connectivity index is 1.59. The van der Waals surface area contributed by atoms with Crippen LogP contribution in [0.5, 0.6) is 0 Å². The van der Waals surface area contributed by atoms with Gasteiger partial charge >= 0.3 is 0 Å². The number of ether oxygens (including phenoxy) is 1. The van der Waals surface area contributed by atoms with Gasteiger partial charge in [0.05, 0.1) is 33.1 Å². The number of morpholine rings is 1. The lowest BCUT2D eigenvalue weighted by Gasteiger charge is -2.29. The van der Waals surface area contributed by atoms with Crippen LogP contribution in [0.4, 0.5) is 11.4 Å². The van der Waals surface area contributed by atoms with Crippen molar-refractivity contribution in [2.45, 2.75) is 13.0 Å². The minimum Gasteiger partial charge on any atom is -0.378 e. The van der Waals surface area contributed by atoms with Gasteiger partial charge in [-0.1, -0.05) is 23.2 Å². The second kappa shape index (κ2) is 8.93. The van der Waals surface area contributed by atoms with E-state index in [1.54, 1.807) is 31.2 Å². The molecule has 1 unspecified atom stereocenters. The van der Waals surface area contributed by atoms with Crippen LogP contribution in [0.2, 0.25) is 9.36 Å². The average Bonchev–Trinajstić information content (AvgIpc) is 3.09. The molecule has 3 rings (SSSR count). The molecule has 1 saturated heterocycles. The van der Waals surface area contributed by atoms with E-state index in [0.29, 0.717) is 33.1 Å². The Morgan fingerprint density at radius 3 is 2.56 bits per heavy atom. The number of nitrogens with one attached hydrogen (secondary N) is 2. The Kier molecular flexibility index (Phi) is 6.59. The van der Waals surface area contributed by atoms with E-state index in [-0.39, 0.29) is 11.8 Å². The minimum absolute atomic E-state index is 0.332. The van der Waals surface area contributed by atoms with E-state index in [4.69, 9.17) is 27.9 Å². The first-order chi connectivity index (χ1) is 12.9. The molecule has 0 spiro atoms. The molecule has 2 N–H and O–H groups in total. The van der Waals surface area contributed by atoms with Crippen molar-refractivity contribution in [2.24, 2.45) is 0 Å². The third-order valence-electron chi connectivity index (χ3n) is 4.10. The van der Waals surface area contributed by atoms with Crippen molar-refractivity contribution >= 4 is 57.7 Å². The van der Waals surface area contributed by atoms with Gasteiger partial charge in [-0.3, -0.25) is 9.59 Å². The maximum atomic E-state index is 12.4. The number of nitrogens with zero attached hydrogens (tertiary/aromatic N) is 1. The van der Waals surface area contributed by atoms with E-state index in [9.17, 15) is 9.59 Å². The van der Waals surface area contributed by atoms with Crippen molar-refractivity contribution in [1.29, 1.82) is 0 Å². The Morgan fingerprint density at radius 2 is 1.93 bits per heavy atom. The third-order valence-corrected chi connectivity index (χ3v) is 5.64. The molecule has 1 aromatic carbocycles. The van der Waals surface area contributed by atoms with Crippen molar-refractivity contribution in [2.75, 3.05) is 36.5 Å². The summed E-state index contributed by atoms with van der Waals surface area (Å²) in [5.74, 6) is -0.670. The number of halogens is 2. The van der Waals surface area contributed by atoms with Gasteiger partial charge in [0.2, 0.25) is 5.91 Å². The molecular weight excluding hydrogens is 409 g/mol. The zero-order valence-electron chi connectivity index (χ0n) is 14.6. The van der Waals surface area contributed by atoms with Crippen LogP contribution < -0.4 is 15.5 Å². The summed E-state index contributed by atoms with van der Waals surface area (Å²) in [6.45, 7) is 4.51. The molecule has 1 aliphatic rings. The van der Waals surface area contributed by atoms with Crippen LogP contribution in [0.25, 0.3) is 0 Å². The highest BCUT2D eigenvalue weighted by Crippen LogP contribution is 2.29. The van der Waals surface area contributed by atoms with Gasteiger partial charge in [-0.05, 0) is 37.3 Å². The minimum atomic E-state index is -0.712. The summed E-state index contributed by atoms with van der Waals surface area (Å²) in [5.41, 5.74) is 1.48. The molecule has 1 aliphatic heterocycles. The van der Waals surface area contributed by atoms with Crippen molar-refractivity contribution in [3.05, 3.63) is 44.6 Å². The fraction of sp³-hybridized carbons (Fsp3) is 0.333. The van der Waals surface area contributed by atoms with Crippen LogP contribution in [-0.2, 0) is 9.53 Å². The number of amides is 2. The molecule has 2 amide bonds. The first kappa shape index (κ1) is 19.9. The van der Waals surface area contributed by atoms with Crippen LogP contribution in [0, 0.1) is 0 Å². The molecule has 2 aromatic rings. The topological polar surface area (TPSA) is 70.7 Å². The zero-order chi connectivity index (χ0) is 19.4. The largest absolute Gasteiger partial charge is 0.378 e. The van der Waals surface area contributed by atoms with Gasteiger partial charge in [-0.2, -0.15) is 0 Å². The second-order valence-electron chi connectivity index (χ2n) is 6.05. The molecule has 0 aliphatic carbocycles. The van der Waals surface area contributed by atoms with Gasteiger partial charge in [-0.15, -0.1) is 11.3 Å². The van der Waals surface area contributed by atoms with Crippen LogP contribution in [0.3, 0.4) is 0 Å². The SMILES string of the molecule is CC(NC(=O)c1ccc(Cl)s1)C(=O)Nc1ccc(N2CCOCC2)c(Cl)c1. The highest BCUT2D eigenvalue weighted by molar-refractivity contribution is 7.18. The van der Waals surface area contributed by atoms with Gasteiger partial charge in [-0.25, -0.2) is 0 Å². The molecule has 1 fully saturated rings. The summed E-state index contributed by atoms with van der Waals surface area (Å²) in [5, 5.41) is 5.98. The van der Waals surface area contributed by atoms with Crippen molar-refractivity contribution in [3.63, 3.8) is 0 Å². The monoisotopic (exact) mass is 427 g/mol. The van der Waals surface area contributed by atoms with Crippen LogP contribution in [-0.4, -0.2) is 44.2 Å². The molecule has 0 radical (unpaired) electrons. The van der Waals surface area contributed by atoms with E-state index in [1.165, 1.54) is 0 Å². The third kappa shape index (κ3) is 5.13. The smallest absolute Gasteiger partial charge is 0.262 e. The molecule has 0 saturated carbocycles. The highest BCUT2D eigenvalue weighted by atomic mass is 35.5. The summed E-state index contributed by atoms with van der Waals surface area (Å²) >= 11 is 13.4. The molecule has 1 atom stereocenters. The number of thiophene rings is 1. The molecule has 27 heavy (non-hydrogen) atoms. The summed E-state index contributed by atoms with van der Waals surface area (Å²) < 4.78 is 5.87. The van der Waals surface area contributed by atoms with Crippen molar-refractivity contribution in [1.82, 2.24) is 5.32 Å². The predicted octanol–water partition coefficient (Wildman–Crippen LogP) is 3.65. The summed E-state index contributed by atoms with van der Waals surface area (Å²) in [6.07, 6.45) is 0. The van der Waals surface area contributed by atoms with Crippen molar-refractivity contribution < 1.29 is 14.3 Å². The lowest BCUT2D eigenvalue weighted by atomic mass is 10.2. The summed E-state index contributed by atoms with van der Waals surface area (Å²) in [7, 11) is 0. The standard InChI is InChI=1S/C18H19Cl2N3O3S/c1-11(21-18(25)15-4-5-16(20)27-15)17(24)22-12-2-3-14(13(19)10-12)23-6-8-26-9-7-23/h2-5,10-11H,6-9H2,1H3,(H,21,25)(H,22,24). The van der Waals surface area contributed by atoms with Crippen LogP contribution in [0.1, 0.15) is 16.6 Å². The lowest BCUT2D eigenvalue weighted by molar-refractivity contribution is -0.117. The van der Waals surface area contributed by atoms with Crippen LogP contribution in [0.15, 0.2) is 30.3 Å². The second-order valence-corrected chi connectivity index (χ2v) is 8.18. The van der Waals surface area contributed by atoms with E-state index in [2.05, 4.69) is 15.5 Å². The molecule has 0 bridgehead atoms.